The second-order valence-corrected chi connectivity index (χ2v) is 6.96. The van der Waals surface area contributed by atoms with Gasteiger partial charge in [-0.1, -0.05) is 43.3 Å². The van der Waals surface area contributed by atoms with Crippen molar-refractivity contribution in [2.75, 3.05) is 6.61 Å². The Balaban J connectivity index is 1.66. The van der Waals surface area contributed by atoms with E-state index >= 15 is 0 Å². The number of rotatable bonds is 5. The van der Waals surface area contributed by atoms with Crippen LogP contribution < -0.4 is 5.43 Å². The van der Waals surface area contributed by atoms with E-state index in [4.69, 9.17) is 9.15 Å². The average molecular weight is 387 g/mol. The predicted molar refractivity (Wildman–Crippen MR) is 112 cm³/mol. The zero-order chi connectivity index (χ0) is 20.4. The van der Waals surface area contributed by atoms with E-state index in [1.165, 1.54) is 6.07 Å². The number of pyridine rings is 1. The molecule has 0 bridgehead atoms. The Labute approximate surface area is 168 Å². The van der Waals surface area contributed by atoms with E-state index in [0.717, 1.165) is 17.5 Å². The van der Waals surface area contributed by atoms with Crippen LogP contribution in [0.5, 0.6) is 0 Å². The van der Waals surface area contributed by atoms with Gasteiger partial charge in [0, 0.05) is 6.42 Å². The molecule has 0 saturated heterocycles. The summed E-state index contributed by atoms with van der Waals surface area (Å²) < 4.78 is 11.2. The molecule has 0 amide bonds. The van der Waals surface area contributed by atoms with E-state index < -0.39 is 5.97 Å². The number of hydrogen-bond acceptors (Lipinski definition) is 5. The molecule has 0 aliphatic heterocycles. The van der Waals surface area contributed by atoms with Crippen molar-refractivity contribution < 1.29 is 13.9 Å². The lowest BCUT2D eigenvalue weighted by atomic mass is 10.1. The molecule has 0 N–H and O–H groups in total. The standard InChI is InChI=1S/C24H21NO4/c1-3-16-9-10-21-19(13-16)22(26)20-14-18(15(2)25-23(20)29-21)24(27)28-12-11-17-7-5-4-6-8-17/h4-10,13-14H,3,11-12H2,1-2H3. The predicted octanol–water partition coefficient (Wildman–Crippen LogP) is 4.61. The highest BCUT2D eigenvalue weighted by atomic mass is 16.5. The number of aromatic nitrogens is 1. The molecule has 29 heavy (non-hydrogen) atoms. The van der Waals surface area contributed by atoms with Gasteiger partial charge in [0.1, 0.15) is 5.58 Å². The number of benzene rings is 2. The highest BCUT2D eigenvalue weighted by molar-refractivity contribution is 5.96. The summed E-state index contributed by atoms with van der Waals surface area (Å²) in [6.07, 6.45) is 1.44. The molecule has 5 heteroatoms. The maximum atomic E-state index is 13.0. The summed E-state index contributed by atoms with van der Waals surface area (Å²) in [4.78, 5) is 29.9. The van der Waals surface area contributed by atoms with Gasteiger partial charge in [0.2, 0.25) is 11.1 Å². The Morgan fingerprint density at radius 2 is 1.83 bits per heavy atom. The van der Waals surface area contributed by atoms with Crippen LogP contribution in [0.1, 0.15) is 34.1 Å². The molecule has 5 nitrogen and oxygen atoms in total. The highest BCUT2D eigenvalue weighted by Gasteiger charge is 2.17. The molecule has 4 rings (SSSR count). The number of ether oxygens (including phenoxy) is 1. The van der Waals surface area contributed by atoms with E-state index in [9.17, 15) is 9.59 Å². The monoisotopic (exact) mass is 387 g/mol. The summed E-state index contributed by atoms with van der Waals surface area (Å²) in [7, 11) is 0. The smallest absolute Gasteiger partial charge is 0.340 e. The number of nitrogens with zero attached hydrogens (tertiary/aromatic N) is 1. The van der Waals surface area contributed by atoms with E-state index in [1.807, 2.05) is 49.4 Å². The molecule has 2 aromatic carbocycles. The second-order valence-electron chi connectivity index (χ2n) is 6.96. The van der Waals surface area contributed by atoms with Crippen LogP contribution >= 0.6 is 0 Å². The molecule has 0 fully saturated rings. The highest BCUT2D eigenvalue weighted by Crippen LogP contribution is 2.21. The molecule has 0 aliphatic carbocycles. The van der Waals surface area contributed by atoms with Gasteiger partial charge in [-0.2, -0.15) is 0 Å². The fraction of sp³-hybridized carbons (Fsp3) is 0.208. The number of carbonyl (C=O) groups is 1. The Kier molecular flexibility index (Phi) is 5.12. The molecule has 0 unspecified atom stereocenters. The minimum absolute atomic E-state index is 0.192. The van der Waals surface area contributed by atoms with Crippen molar-refractivity contribution in [3.8, 4) is 0 Å². The van der Waals surface area contributed by atoms with Gasteiger partial charge in [-0.15, -0.1) is 0 Å². The minimum atomic E-state index is -0.491. The van der Waals surface area contributed by atoms with Crippen molar-refractivity contribution in [3.05, 3.63) is 87.2 Å². The van der Waals surface area contributed by atoms with Crippen LogP contribution in [0.4, 0.5) is 0 Å². The van der Waals surface area contributed by atoms with Gasteiger partial charge in [0.25, 0.3) is 0 Å². The number of fused-ring (bicyclic) bond motifs is 2. The minimum Gasteiger partial charge on any atom is -0.462 e. The second kappa shape index (κ2) is 7.87. The van der Waals surface area contributed by atoms with Gasteiger partial charge in [-0.25, -0.2) is 9.78 Å². The lowest BCUT2D eigenvalue weighted by molar-refractivity contribution is 0.0508. The fourth-order valence-electron chi connectivity index (χ4n) is 3.33. The van der Waals surface area contributed by atoms with Crippen LogP contribution in [0.15, 0.2) is 63.8 Å². The normalized spacial score (nSPS) is 11.1. The van der Waals surface area contributed by atoms with Gasteiger partial charge in [0.15, 0.2) is 0 Å². The first-order valence-corrected chi connectivity index (χ1v) is 9.65. The summed E-state index contributed by atoms with van der Waals surface area (Å²) in [5.41, 5.74) is 3.41. The zero-order valence-corrected chi connectivity index (χ0v) is 16.4. The first-order chi connectivity index (χ1) is 14.1. The Hall–Kier alpha value is -3.47. The number of aryl methyl sites for hydroxylation is 2. The quantitative estimate of drug-likeness (QED) is 0.369. The molecular formula is C24H21NO4. The first-order valence-electron chi connectivity index (χ1n) is 9.65. The van der Waals surface area contributed by atoms with Crippen LogP contribution in [0, 0.1) is 6.92 Å². The van der Waals surface area contributed by atoms with E-state index in [0.29, 0.717) is 23.1 Å². The molecule has 146 valence electrons. The summed E-state index contributed by atoms with van der Waals surface area (Å²) in [6, 6.07) is 16.9. The number of carbonyl (C=O) groups excluding carboxylic acids is 1. The lowest BCUT2D eigenvalue weighted by Crippen LogP contribution is -2.12. The zero-order valence-electron chi connectivity index (χ0n) is 16.4. The molecular weight excluding hydrogens is 366 g/mol. The van der Waals surface area contributed by atoms with Crippen molar-refractivity contribution in [2.24, 2.45) is 0 Å². The SMILES string of the molecule is CCc1ccc2oc3nc(C)c(C(=O)OCCc4ccccc4)cc3c(=O)c2c1. The molecule has 0 saturated carbocycles. The van der Waals surface area contributed by atoms with E-state index in [2.05, 4.69) is 4.98 Å². The summed E-state index contributed by atoms with van der Waals surface area (Å²) in [6.45, 7) is 3.99. The molecule has 2 heterocycles. The summed E-state index contributed by atoms with van der Waals surface area (Å²) >= 11 is 0. The van der Waals surface area contributed by atoms with Gasteiger partial charge in [0.05, 0.1) is 28.6 Å². The Morgan fingerprint density at radius 3 is 2.59 bits per heavy atom. The van der Waals surface area contributed by atoms with Crippen molar-refractivity contribution in [1.29, 1.82) is 0 Å². The number of hydrogen-bond donors (Lipinski definition) is 0. The third kappa shape index (κ3) is 3.76. The van der Waals surface area contributed by atoms with Crippen LogP contribution in [0.25, 0.3) is 22.1 Å². The third-order valence-corrected chi connectivity index (χ3v) is 5.01. The summed E-state index contributed by atoms with van der Waals surface area (Å²) in [5, 5.41) is 0.775. The van der Waals surface area contributed by atoms with Gasteiger partial charge in [-0.05, 0) is 42.7 Å². The fourth-order valence-corrected chi connectivity index (χ4v) is 3.33. The van der Waals surface area contributed by atoms with Gasteiger partial charge in [-0.3, -0.25) is 4.79 Å². The lowest BCUT2D eigenvalue weighted by Gasteiger charge is -2.09. The topological polar surface area (TPSA) is 69.4 Å². The summed E-state index contributed by atoms with van der Waals surface area (Å²) in [5.74, 6) is -0.491. The molecule has 0 spiro atoms. The van der Waals surface area contributed by atoms with Crippen molar-refractivity contribution in [1.82, 2.24) is 4.98 Å². The first kappa shape index (κ1) is 18.9. The largest absolute Gasteiger partial charge is 0.462 e. The van der Waals surface area contributed by atoms with Gasteiger partial charge >= 0.3 is 5.97 Å². The van der Waals surface area contributed by atoms with Crippen LogP contribution in [-0.2, 0) is 17.6 Å². The molecule has 2 aromatic heterocycles. The van der Waals surface area contributed by atoms with Crippen LogP contribution in [0.3, 0.4) is 0 Å². The molecule has 0 aliphatic rings. The number of esters is 1. The molecule has 0 radical (unpaired) electrons. The van der Waals surface area contributed by atoms with Crippen LogP contribution in [0.2, 0.25) is 0 Å². The van der Waals surface area contributed by atoms with Crippen molar-refractivity contribution in [3.63, 3.8) is 0 Å². The Bertz CT molecular complexity index is 1260. The molecule has 4 aromatic rings. The van der Waals surface area contributed by atoms with E-state index in [1.54, 1.807) is 13.0 Å². The van der Waals surface area contributed by atoms with Crippen molar-refractivity contribution in [2.45, 2.75) is 26.7 Å². The molecule has 0 atom stereocenters. The Morgan fingerprint density at radius 1 is 1.03 bits per heavy atom. The van der Waals surface area contributed by atoms with Crippen molar-refractivity contribution >= 4 is 28.0 Å². The third-order valence-electron chi connectivity index (χ3n) is 5.01. The maximum Gasteiger partial charge on any atom is 0.340 e. The maximum absolute atomic E-state index is 13.0. The van der Waals surface area contributed by atoms with Crippen LogP contribution in [-0.4, -0.2) is 17.6 Å². The van der Waals surface area contributed by atoms with Gasteiger partial charge < -0.3 is 9.15 Å². The average Bonchev–Trinajstić information content (AvgIpc) is 2.74. The van der Waals surface area contributed by atoms with E-state index in [-0.39, 0.29) is 28.7 Å².